The van der Waals surface area contributed by atoms with E-state index in [9.17, 15) is 22.4 Å². The van der Waals surface area contributed by atoms with Crippen molar-refractivity contribution in [2.75, 3.05) is 5.32 Å². The van der Waals surface area contributed by atoms with E-state index in [1.165, 1.54) is 24.3 Å². The molecule has 1 N–H and O–H groups in total. The molecule has 1 aliphatic rings. The second-order valence-electron chi connectivity index (χ2n) is 5.68. The fourth-order valence-corrected chi connectivity index (χ4v) is 2.75. The van der Waals surface area contributed by atoms with Crippen LogP contribution in [0.25, 0.3) is 0 Å². The first-order valence-electron chi connectivity index (χ1n) is 7.19. The lowest BCUT2D eigenvalue weighted by Gasteiger charge is -2.08. The topological polar surface area (TPSA) is 29.1 Å². The summed E-state index contributed by atoms with van der Waals surface area (Å²) < 4.78 is 51.3. The van der Waals surface area contributed by atoms with E-state index >= 15 is 0 Å². The molecular formula is C17H12ClF4NO. The lowest BCUT2D eigenvalue weighted by atomic mass is 10.1. The molecule has 2 aromatic rings. The maximum Gasteiger partial charge on any atom is 0.416 e. The van der Waals surface area contributed by atoms with Crippen molar-refractivity contribution in [2.45, 2.75) is 18.5 Å². The first-order valence-corrected chi connectivity index (χ1v) is 7.56. The highest BCUT2D eigenvalue weighted by molar-refractivity contribution is 6.30. The number of halogens is 5. The van der Waals surface area contributed by atoms with Crippen LogP contribution in [0.3, 0.4) is 0 Å². The number of nitrogens with one attached hydrogen (secondary N) is 1. The molecule has 2 atom stereocenters. The van der Waals surface area contributed by atoms with Crippen molar-refractivity contribution in [1.29, 1.82) is 0 Å². The monoisotopic (exact) mass is 357 g/mol. The van der Waals surface area contributed by atoms with Crippen LogP contribution in [0.1, 0.15) is 23.5 Å². The fourth-order valence-electron chi connectivity index (χ4n) is 2.59. The highest BCUT2D eigenvalue weighted by Gasteiger charge is 2.44. The van der Waals surface area contributed by atoms with Gasteiger partial charge in [-0.2, -0.15) is 13.2 Å². The maximum atomic E-state index is 13.7. The van der Waals surface area contributed by atoms with E-state index in [1.54, 1.807) is 0 Å². The highest BCUT2D eigenvalue weighted by Crippen LogP contribution is 2.48. The first kappa shape index (κ1) is 16.8. The van der Waals surface area contributed by atoms with Gasteiger partial charge in [-0.1, -0.05) is 23.7 Å². The van der Waals surface area contributed by atoms with Crippen LogP contribution < -0.4 is 5.32 Å². The van der Waals surface area contributed by atoms with E-state index in [0.717, 1.165) is 18.2 Å². The van der Waals surface area contributed by atoms with Crippen molar-refractivity contribution in [1.82, 2.24) is 0 Å². The van der Waals surface area contributed by atoms with Gasteiger partial charge in [0.1, 0.15) is 5.82 Å². The molecule has 7 heteroatoms. The quantitative estimate of drug-likeness (QED) is 0.748. The third kappa shape index (κ3) is 3.53. The Balaban J connectivity index is 1.65. The Morgan fingerprint density at radius 3 is 2.38 bits per heavy atom. The predicted octanol–water partition coefficient (Wildman–Crippen LogP) is 5.24. The minimum Gasteiger partial charge on any atom is -0.323 e. The zero-order valence-electron chi connectivity index (χ0n) is 12.2. The average molecular weight is 358 g/mol. The van der Waals surface area contributed by atoms with Crippen LogP contribution in [-0.4, -0.2) is 5.91 Å². The van der Waals surface area contributed by atoms with Crippen LogP contribution in [0, 0.1) is 11.7 Å². The second-order valence-corrected chi connectivity index (χ2v) is 6.12. The predicted molar refractivity (Wildman–Crippen MR) is 82.3 cm³/mol. The Morgan fingerprint density at radius 1 is 1.12 bits per heavy atom. The molecule has 1 fully saturated rings. The van der Waals surface area contributed by atoms with Gasteiger partial charge < -0.3 is 5.32 Å². The molecule has 1 aliphatic carbocycles. The number of alkyl halides is 3. The second kappa shape index (κ2) is 6.09. The SMILES string of the molecule is O=C(Nc1ccc(Cl)cc1F)C1CC1c1ccc(C(F)(F)F)cc1. The summed E-state index contributed by atoms with van der Waals surface area (Å²) in [5.41, 5.74) is -0.0293. The highest BCUT2D eigenvalue weighted by atomic mass is 35.5. The number of carbonyl (C=O) groups excluding carboxylic acids is 1. The summed E-state index contributed by atoms with van der Waals surface area (Å²) in [6, 6.07) is 8.68. The molecule has 126 valence electrons. The summed E-state index contributed by atoms with van der Waals surface area (Å²) >= 11 is 5.64. The number of rotatable bonds is 3. The lowest BCUT2D eigenvalue weighted by Crippen LogP contribution is -2.15. The van der Waals surface area contributed by atoms with Crippen LogP contribution in [-0.2, 0) is 11.0 Å². The fraction of sp³-hybridized carbons (Fsp3) is 0.235. The van der Waals surface area contributed by atoms with E-state index in [0.29, 0.717) is 12.0 Å². The van der Waals surface area contributed by atoms with Crippen LogP contribution in [0.15, 0.2) is 42.5 Å². The summed E-state index contributed by atoms with van der Waals surface area (Å²) in [7, 11) is 0. The van der Waals surface area contributed by atoms with Gasteiger partial charge in [0.15, 0.2) is 0 Å². The molecule has 0 radical (unpaired) electrons. The first-order chi connectivity index (χ1) is 11.3. The van der Waals surface area contributed by atoms with Crippen molar-refractivity contribution in [3.05, 3.63) is 64.4 Å². The van der Waals surface area contributed by atoms with Gasteiger partial charge in [-0.05, 0) is 48.2 Å². The van der Waals surface area contributed by atoms with Crippen LogP contribution in [0.2, 0.25) is 5.02 Å². The van der Waals surface area contributed by atoms with Crippen molar-refractivity contribution in [2.24, 2.45) is 5.92 Å². The molecule has 2 aromatic carbocycles. The molecule has 0 spiro atoms. The van der Waals surface area contributed by atoms with Gasteiger partial charge in [0.2, 0.25) is 5.91 Å². The molecule has 0 heterocycles. The summed E-state index contributed by atoms with van der Waals surface area (Å²) in [6.45, 7) is 0. The Bertz CT molecular complexity index is 773. The van der Waals surface area contributed by atoms with E-state index in [-0.39, 0.29) is 28.5 Å². The third-order valence-corrected chi connectivity index (χ3v) is 4.22. The van der Waals surface area contributed by atoms with Gasteiger partial charge in [0.05, 0.1) is 11.3 Å². The zero-order chi connectivity index (χ0) is 17.5. The molecule has 2 unspecified atom stereocenters. The lowest BCUT2D eigenvalue weighted by molar-refractivity contribution is -0.137. The molecule has 3 rings (SSSR count). The van der Waals surface area contributed by atoms with E-state index in [4.69, 9.17) is 11.6 Å². The largest absolute Gasteiger partial charge is 0.416 e. The van der Waals surface area contributed by atoms with Gasteiger partial charge in [-0.3, -0.25) is 4.79 Å². The minimum atomic E-state index is -4.38. The van der Waals surface area contributed by atoms with E-state index in [2.05, 4.69) is 5.32 Å². The molecule has 0 aromatic heterocycles. The number of carbonyl (C=O) groups is 1. The summed E-state index contributed by atoms with van der Waals surface area (Å²) in [6.07, 6.45) is -3.86. The third-order valence-electron chi connectivity index (χ3n) is 3.98. The Kier molecular flexibility index (Phi) is 4.25. The van der Waals surface area contributed by atoms with Crippen LogP contribution >= 0.6 is 11.6 Å². The van der Waals surface area contributed by atoms with Crippen molar-refractivity contribution in [3.63, 3.8) is 0 Å². The molecular weight excluding hydrogens is 346 g/mol. The molecule has 0 aliphatic heterocycles. The molecule has 0 saturated heterocycles. The van der Waals surface area contributed by atoms with Gasteiger partial charge in [-0.15, -0.1) is 0 Å². The molecule has 1 amide bonds. The van der Waals surface area contributed by atoms with Crippen LogP contribution in [0.5, 0.6) is 0 Å². The number of anilines is 1. The average Bonchev–Trinajstić information content (AvgIpc) is 3.30. The molecule has 2 nitrogen and oxygen atoms in total. The van der Waals surface area contributed by atoms with Gasteiger partial charge in [0, 0.05) is 10.9 Å². The molecule has 1 saturated carbocycles. The van der Waals surface area contributed by atoms with Gasteiger partial charge >= 0.3 is 6.18 Å². The van der Waals surface area contributed by atoms with Gasteiger partial charge in [0.25, 0.3) is 0 Å². The Hall–Kier alpha value is -2.08. The van der Waals surface area contributed by atoms with Gasteiger partial charge in [-0.25, -0.2) is 4.39 Å². The standard InChI is InChI=1S/C17H12ClF4NO/c18-11-5-6-15(14(19)7-11)23-16(24)13-8-12(13)9-1-3-10(4-2-9)17(20,21)22/h1-7,12-13H,8H2,(H,23,24). The normalized spacial score (nSPS) is 19.9. The number of benzene rings is 2. The summed E-state index contributed by atoms with van der Waals surface area (Å²) in [5.74, 6) is -1.52. The van der Waals surface area contributed by atoms with Crippen molar-refractivity contribution in [3.8, 4) is 0 Å². The van der Waals surface area contributed by atoms with Crippen LogP contribution in [0.4, 0.5) is 23.2 Å². The zero-order valence-corrected chi connectivity index (χ0v) is 13.0. The van der Waals surface area contributed by atoms with Crippen molar-refractivity contribution >= 4 is 23.2 Å². The summed E-state index contributed by atoms with van der Waals surface area (Å²) in [5, 5.41) is 2.70. The Morgan fingerprint density at radius 2 is 1.79 bits per heavy atom. The smallest absolute Gasteiger partial charge is 0.323 e. The molecule has 24 heavy (non-hydrogen) atoms. The van der Waals surface area contributed by atoms with Crippen molar-refractivity contribution < 1.29 is 22.4 Å². The number of hydrogen-bond acceptors (Lipinski definition) is 1. The summed E-state index contributed by atoms with van der Waals surface area (Å²) in [4.78, 5) is 12.1. The number of hydrogen-bond donors (Lipinski definition) is 1. The molecule has 0 bridgehead atoms. The maximum absolute atomic E-state index is 13.7. The van der Waals surface area contributed by atoms with E-state index in [1.807, 2.05) is 0 Å². The minimum absolute atomic E-state index is 0.0301. The number of amides is 1. The van der Waals surface area contributed by atoms with E-state index < -0.39 is 17.6 Å². The Labute approximate surface area is 140 Å².